The van der Waals surface area contributed by atoms with Crippen molar-refractivity contribution in [1.29, 1.82) is 0 Å². The number of hydrogen-bond donors (Lipinski definition) is 4. The second kappa shape index (κ2) is 42.5. The minimum Gasteiger partial charge on any atom is -0.481 e. The summed E-state index contributed by atoms with van der Waals surface area (Å²) < 4.78 is 295. The van der Waals surface area contributed by atoms with E-state index in [1.165, 1.54) is 37.3 Å². The van der Waals surface area contributed by atoms with Crippen LogP contribution in [0.2, 0.25) is 0 Å². The van der Waals surface area contributed by atoms with Crippen LogP contribution in [0.1, 0.15) is 154 Å². The number of aliphatic hydroxyl groups excluding tert-OH is 1. The third kappa shape index (κ3) is 31.7. The maximum atomic E-state index is 14.3. The number of aliphatic carboxylic acids is 1. The van der Waals surface area contributed by atoms with Crippen LogP contribution in [0.25, 0.3) is 17.1 Å². The topological polar surface area (TPSA) is 254 Å². The van der Waals surface area contributed by atoms with Crippen molar-refractivity contribution in [3.05, 3.63) is 230 Å². The molecule has 2 unspecified atom stereocenters. The Morgan fingerprint density at radius 1 is 0.466 bits per heavy atom. The fourth-order valence-corrected chi connectivity index (χ4v) is 9.90. The van der Waals surface area contributed by atoms with Crippen LogP contribution in [-0.4, -0.2) is 111 Å². The van der Waals surface area contributed by atoms with Gasteiger partial charge in [-0.1, -0.05) is 31.2 Å². The number of Topliss-reactive ketones (excluding diaryl/α,β-unsaturated/α-hetero) is 1. The molecule has 41 heteroatoms. The molecule has 19 nitrogen and oxygen atoms in total. The van der Waals surface area contributed by atoms with Gasteiger partial charge in [-0.2, -0.15) is 73.1 Å². The number of hydrogen-bond acceptors (Lipinski definition) is 14. The van der Waals surface area contributed by atoms with Gasteiger partial charge in [0, 0.05) is 71.7 Å². The summed E-state index contributed by atoms with van der Waals surface area (Å²) in [6.45, 7) is 12.0. The number of aryl methyl sites for hydroxylation is 3. The van der Waals surface area contributed by atoms with Crippen molar-refractivity contribution in [3.63, 3.8) is 0 Å². The third-order valence-electron chi connectivity index (χ3n) is 15.3. The zero-order valence-electron chi connectivity index (χ0n) is 62.5. The highest BCUT2D eigenvalue weighted by atomic mass is 35.5. The van der Waals surface area contributed by atoms with E-state index in [1.54, 1.807) is 54.5 Å². The molecular formula is C75H77ClF21N9O10. The molecule has 0 saturated heterocycles. The van der Waals surface area contributed by atoms with Crippen LogP contribution in [0.5, 0.6) is 0 Å². The van der Waals surface area contributed by atoms with E-state index >= 15 is 0 Å². The number of ketones is 1. The van der Waals surface area contributed by atoms with Gasteiger partial charge in [-0.15, -0.1) is 12.4 Å². The fraction of sp³-hybridized carbons (Fsp3) is 0.387. The molecule has 0 aliphatic heterocycles. The summed E-state index contributed by atoms with van der Waals surface area (Å²) >= 11 is 0. The molecular weight excluding hydrogens is 1620 g/mol. The zero-order valence-corrected chi connectivity index (χ0v) is 63.3. The lowest BCUT2D eigenvalue weighted by Crippen LogP contribution is -2.24. The highest BCUT2D eigenvalue weighted by Crippen LogP contribution is 2.35. The first-order chi connectivity index (χ1) is 53.3. The molecule has 9 rings (SSSR count). The predicted molar refractivity (Wildman–Crippen MR) is 375 cm³/mol. The first kappa shape index (κ1) is 98.0. The molecule has 0 amide bonds. The molecule has 0 bridgehead atoms. The van der Waals surface area contributed by atoms with Crippen molar-refractivity contribution >= 4 is 36.1 Å². The Bertz CT molecular complexity index is 4680. The second-order valence-electron chi connectivity index (χ2n) is 26.8. The van der Waals surface area contributed by atoms with Gasteiger partial charge in [0.05, 0.1) is 74.6 Å². The van der Waals surface area contributed by atoms with Gasteiger partial charge in [-0.05, 0) is 145 Å². The number of nitrogens with two attached hydrogens (primary N) is 1. The van der Waals surface area contributed by atoms with Crippen LogP contribution in [0.15, 0.2) is 115 Å². The number of aromatic amines is 1. The summed E-state index contributed by atoms with van der Waals surface area (Å²) in [6, 6.07) is 18.3. The summed E-state index contributed by atoms with van der Waals surface area (Å²) in [5, 5.41) is 33.0. The van der Waals surface area contributed by atoms with Gasteiger partial charge in [0.2, 0.25) is 0 Å². The summed E-state index contributed by atoms with van der Waals surface area (Å²) in [6.07, 6.45) is -19.3. The summed E-state index contributed by atoms with van der Waals surface area (Å²) in [5.41, 5.74) is 0.178. The average Bonchev–Trinajstić information content (AvgIpc) is 1.66. The van der Waals surface area contributed by atoms with Gasteiger partial charge < -0.3 is 34.9 Å². The molecule has 5 aromatic carbocycles. The number of ether oxygens (including phenoxy) is 4. The van der Waals surface area contributed by atoms with Crippen molar-refractivity contribution in [2.75, 3.05) is 26.5 Å². The van der Waals surface area contributed by atoms with Crippen LogP contribution < -0.4 is 5.73 Å². The average molecular weight is 1700 g/mol. The van der Waals surface area contributed by atoms with Gasteiger partial charge in [0.15, 0.2) is 22.8 Å². The maximum Gasteiger partial charge on any atom is 0.435 e. The highest BCUT2D eigenvalue weighted by Gasteiger charge is 2.39. The van der Waals surface area contributed by atoms with Crippen molar-refractivity contribution in [2.45, 2.75) is 161 Å². The number of halogens is 22. The normalized spacial score (nSPS) is 12.3. The van der Waals surface area contributed by atoms with Gasteiger partial charge in [-0.3, -0.25) is 24.3 Å². The number of esters is 2. The minimum absolute atomic E-state index is 0. The number of carbonyl (C=O) groups excluding carboxylic acids is 3. The van der Waals surface area contributed by atoms with E-state index in [4.69, 9.17) is 34.9 Å². The molecule has 116 heavy (non-hydrogen) atoms. The smallest absolute Gasteiger partial charge is 0.435 e. The summed E-state index contributed by atoms with van der Waals surface area (Å²) in [4.78, 5) is 46.6. The van der Waals surface area contributed by atoms with E-state index in [0.29, 0.717) is 34.9 Å². The van der Waals surface area contributed by atoms with E-state index in [2.05, 4.69) is 25.5 Å². The Labute approximate surface area is 654 Å². The van der Waals surface area contributed by atoms with Crippen molar-refractivity contribution in [2.24, 2.45) is 5.73 Å². The molecule has 0 spiro atoms. The molecule has 0 saturated carbocycles. The number of carboxylic acid groups (broad SMARTS) is 1. The van der Waals surface area contributed by atoms with E-state index in [0.717, 1.165) is 74.7 Å². The van der Waals surface area contributed by atoms with E-state index in [-0.39, 0.29) is 142 Å². The quantitative estimate of drug-likeness (QED) is 0.0236. The van der Waals surface area contributed by atoms with E-state index in [9.17, 15) is 111 Å². The predicted octanol–water partition coefficient (Wildman–Crippen LogP) is 17.8. The molecule has 0 aliphatic rings. The van der Waals surface area contributed by atoms with E-state index < -0.39 is 142 Å². The molecule has 636 valence electrons. The standard InChI is InChI=1S/C24H22F6N2O3.C17H17F5N2O2.C12H14F2O3.C11H8F5N3.C11H15F3N2O2.ClH/c1-14(15-2-3-16(21(27)8-15)13-35-7-6-33)22(34)5-4-19-12-23(24(28,29)30)31-32(19)20-10-17(25)9-18(26)11-20;1-16(2,3)26-15(25)5-4-12-9-14(17(20,21)22)23-24(12)13-7-10(18)6-11(19)8-13;1-8(12(15)16)9-2-3-10(11(14)6-9)7-17-5-4-13;12-6-1-7(13)3-8(2-6)19-9(5-17)4-10(18-19)11(14,15)16;1-10(2,3)18-9(17)5-4-7-6-8(16-15-7)11(12,13)14;/h2-3,8-12,14,33H,4-7,13H2,1H3;6-9H,4-5H2,1-3H3;2-3,6,8H,4-5,7H2,1H3,(H,15,16);1-4H,5,17H2;6H,4-5H2,1-3H3,(H,15,16);1H. The first-order valence-corrected chi connectivity index (χ1v) is 34.1. The van der Waals surface area contributed by atoms with Crippen molar-refractivity contribution in [1.82, 2.24) is 39.5 Å². The van der Waals surface area contributed by atoms with Crippen LogP contribution in [0.3, 0.4) is 0 Å². The monoisotopic (exact) mass is 1700 g/mol. The number of carboxylic acids is 1. The summed E-state index contributed by atoms with van der Waals surface area (Å²) in [7, 11) is 0. The maximum absolute atomic E-state index is 14.3. The van der Waals surface area contributed by atoms with Crippen molar-refractivity contribution < 1.29 is 141 Å². The third-order valence-corrected chi connectivity index (χ3v) is 15.3. The van der Waals surface area contributed by atoms with Gasteiger partial charge in [0.25, 0.3) is 0 Å². The fourth-order valence-electron chi connectivity index (χ4n) is 9.90. The molecule has 0 radical (unpaired) electrons. The number of H-pyrrole nitrogens is 1. The van der Waals surface area contributed by atoms with Crippen LogP contribution >= 0.6 is 12.4 Å². The molecule has 9 aromatic rings. The highest BCUT2D eigenvalue weighted by molar-refractivity contribution is 5.86. The molecule has 4 aromatic heterocycles. The van der Waals surface area contributed by atoms with Gasteiger partial charge >= 0.3 is 42.6 Å². The molecule has 0 aliphatic carbocycles. The minimum atomic E-state index is -4.80. The number of nitrogens with zero attached hydrogens (tertiary/aromatic N) is 7. The number of aromatic nitrogens is 8. The Morgan fingerprint density at radius 2 is 0.810 bits per heavy atom. The largest absolute Gasteiger partial charge is 0.481 e. The lowest BCUT2D eigenvalue weighted by molar-refractivity contribution is -0.155. The molecule has 5 N–H and O–H groups in total. The number of aliphatic hydroxyl groups is 1. The van der Waals surface area contributed by atoms with Gasteiger partial charge in [0.1, 0.15) is 70.2 Å². The lowest BCUT2D eigenvalue weighted by atomic mass is 9.93. The molecule has 4 heterocycles. The van der Waals surface area contributed by atoms with E-state index in [1.807, 2.05) is 0 Å². The number of rotatable bonds is 25. The summed E-state index contributed by atoms with van der Waals surface area (Å²) in [5.74, 6) is -10.8. The second-order valence-corrected chi connectivity index (χ2v) is 26.8. The Morgan fingerprint density at radius 3 is 1.14 bits per heavy atom. The lowest BCUT2D eigenvalue weighted by Gasteiger charge is -2.19. The van der Waals surface area contributed by atoms with Crippen molar-refractivity contribution in [3.8, 4) is 17.1 Å². The number of alkyl halides is 13. The van der Waals surface area contributed by atoms with Crippen LogP contribution in [0.4, 0.5) is 92.2 Å². The number of nitrogens with one attached hydrogen (secondary N) is 1. The molecule has 0 fully saturated rings. The first-order valence-electron chi connectivity index (χ1n) is 34.1. The Balaban J connectivity index is 0.000000314. The van der Waals surface area contributed by atoms with Crippen LogP contribution in [0, 0.1) is 46.5 Å². The van der Waals surface area contributed by atoms with Crippen LogP contribution in [-0.2, 0) is 102 Å². The zero-order chi connectivity index (χ0) is 86.5. The van der Waals surface area contributed by atoms with Gasteiger partial charge in [-0.25, -0.2) is 53.6 Å². The SMILES string of the molecule is CC(C(=O)CCc1cc(C(F)(F)F)nn1-c1cc(F)cc(F)c1)c1ccc(COCCO)c(F)c1.CC(C(=O)O)c1ccc(COCCF)c(F)c1.CC(C)(C)OC(=O)CCc1cc(C(F)(F)F)n[nH]1.CC(C)(C)OC(=O)CCc1cc(C(F)(F)F)nn1-c1cc(F)cc(F)c1.Cl.NCc1cc(C(F)(F)F)nn1-c1cc(F)cc(F)c1. The number of carbonyl (C=O) groups is 4. The Kier molecular flexibility index (Phi) is 35.9. The molecule has 2 atom stereocenters. The Hall–Kier alpha value is -10.3. The number of benzene rings is 5.